The summed E-state index contributed by atoms with van der Waals surface area (Å²) in [5, 5.41) is 9.54. The second-order valence-electron chi connectivity index (χ2n) is 3.31. The number of methoxy groups -OCH3 is 1. The van der Waals surface area contributed by atoms with Crippen molar-refractivity contribution in [2.24, 2.45) is 0 Å². The fraction of sp³-hybridized carbons (Fsp3) is 0.400. The van der Waals surface area contributed by atoms with Gasteiger partial charge in [0, 0.05) is 13.4 Å². The standard InChI is InChI=1S/C10H14O4S/c1-14-7-10(11)8-3-5-9(6-4-8)15(2,12)13/h3-6,10-11H,7H2,1-2H3. The lowest BCUT2D eigenvalue weighted by Crippen LogP contribution is -2.05. The molecule has 1 N–H and O–H groups in total. The van der Waals surface area contributed by atoms with Crippen LogP contribution in [0.3, 0.4) is 0 Å². The predicted octanol–water partition coefficient (Wildman–Crippen LogP) is 0.770. The van der Waals surface area contributed by atoms with E-state index in [0.717, 1.165) is 6.26 Å². The largest absolute Gasteiger partial charge is 0.386 e. The summed E-state index contributed by atoms with van der Waals surface area (Å²) in [7, 11) is -1.68. The third kappa shape index (κ3) is 3.30. The Hall–Kier alpha value is -0.910. The Labute approximate surface area is 89.4 Å². The van der Waals surface area contributed by atoms with Crippen LogP contribution in [0, 0.1) is 0 Å². The highest BCUT2D eigenvalue weighted by molar-refractivity contribution is 7.90. The molecule has 0 aliphatic carbocycles. The summed E-state index contributed by atoms with van der Waals surface area (Å²) >= 11 is 0. The lowest BCUT2D eigenvalue weighted by atomic mass is 10.1. The molecular formula is C10H14O4S. The van der Waals surface area contributed by atoms with E-state index in [1.807, 2.05) is 0 Å². The molecule has 0 radical (unpaired) electrons. The van der Waals surface area contributed by atoms with Gasteiger partial charge in [0.2, 0.25) is 0 Å². The molecule has 0 aliphatic rings. The van der Waals surface area contributed by atoms with Gasteiger partial charge >= 0.3 is 0 Å². The molecule has 0 bridgehead atoms. The monoisotopic (exact) mass is 230 g/mol. The van der Waals surface area contributed by atoms with Crippen LogP contribution in [-0.2, 0) is 14.6 Å². The molecule has 84 valence electrons. The maximum Gasteiger partial charge on any atom is 0.175 e. The minimum Gasteiger partial charge on any atom is -0.386 e. The van der Waals surface area contributed by atoms with Crippen molar-refractivity contribution in [1.82, 2.24) is 0 Å². The van der Waals surface area contributed by atoms with Gasteiger partial charge in [0.1, 0.15) is 6.10 Å². The molecule has 0 heterocycles. The molecule has 1 aromatic carbocycles. The van der Waals surface area contributed by atoms with Crippen molar-refractivity contribution in [1.29, 1.82) is 0 Å². The maximum absolute atomic E-state index is 11.2. The fourth-order valence-corrected chi connectivity index (χ4v) is 1.82. The van der Waals surface area contributed by atoms with Crippen LogP contribution < -0.4 is 0 Å². The van der Waals surface area contributed by atoms with E-state index < -0.39 is 15.9 Å². The molecule has 0 amide bonds. The van der Waals surface area contributed by atoms with Crippen molar-refractivity contribution in [2.45, 2.75) is 11.0 Å². The zero-order valence-corrected chi connectivity index (χ0v) is 9.49. The normalized spacial score (nSPS) is 13.8. The summed E-state index contributed by atoms with van der Waals surface area (Å²) in [5.41, 5.74) is 0.643. The van der Waals surface area contributed by atoms with Crippen LogP contribution in [0.4, 0.5) is 0 Å². The number of aliphatic hydroxyl groups is 1. The molecule has 15 heavy (non-hydrogen) atoms. The summed E-state index contributed by atoms with van der Waals surface area (Å²) in [5.74, 6) is 0. The van der Waals surface area contributed by atoms with E-state index in [9.17, 15) is 13.5 Å². The third-order valence-corrected chi connectivity index (χ3v) is 3.15. The highest BCUT2D eigenvalue weighted by Gasteiger charge is 2.10. The quantitative estimate of drug-likeness (QED) is 0.829. The Bertz CT molecular complexity index is 408. The number of hydrogen-bond acceptors (Lipinski definition) is 4. The molecule has 1 unspecified atom stereocenters. The Morgan fingerprint density at radius 2 is 1.87 bits per heavy atom. The van der Waals surface area contributed by atoms with E-state index >= 15 is 0 Å². The zero-order chi connectivity index (χ0) is 11.5. The number of hydrogen-bond donors (Lipinski definition) is 1. The minimum atomic E-state index is -3.17. The molecule has 0 fully saturated rings. The average Bonchev–Trinajstić information content (AvgIpc) is 2.17. The van der Waals surface area contributed by atoms with Crippen molar-refractivity contribution in [3.05, 3.63) is 29.8 Å². The molecule has 0 aromatic heterocycles. The van der Waals surface area contributed by atoms with Gasteiger partial charge in [0.25, 0.3) is 0 Å². The second kappa shape index (κ2) is 4.74. The smallest absolute Gasteiger partial charge is 0.175 e. The van der Waals surface area contributed by atoms with Gasteiger partial charge < -0.3 is 9.84 Å². The molecule has 0 saturated heterocycles. The van der Waals surface area contributed by atoms with Crippen LogP contribution in [0.2, 0.25) is 0 Å². The van der Waals surface area contributed by atoms with E-state index in [0.29, 0.717) is 5.56 Å². The number of sulfone groups is 1. The molecule has 1 rings (SSSR count). The lowest BCUT2D eigenvalue weighted by molar-refractivity contribution is 0.0644. The number of rotatable bonds is 4. The average molecular weight is 230 g/mol. The molecule has 5 heteroatoms. The molecule has 0 aliphatic heterocycles. The topological polar surface area (TPSA) is 63.6 Å². The van der Waals surface area contributed by atoms with Crippen molar-refractivity contribution in [3.63, 3.8) is 0 Å². The first-order valence-corrected chi connectivity index (χ1v) is 6.31. The predicted molar refractivity (Wildman–Crippen MR) is 56.4 cm³/mol. The van der Waals surface area contributed by atoms with E-state index in [1.165, 1.54) is 19.2 Å². The highest BCUT2D eigenvalue weighted by atomic mass is 32.2. The van der Waals surface area contributed by atoms with Crippen molar-refractivity contribution < 1.29 is 18.3 Å². The SMILES string of the molecule is COCC(O)c1ccc(S(C)(=O)=O)cc1. The Morgan fingerprint density at radius 1 is 1.33 bits per heavy atom. The fourth-order valence-electron chi connectivity index (χ4n) is 1.19. The summed E-state index contributed by atoms with van der Waals surface area (Å²) in [6.45, 7) is 0.193. The Kier molecular flexibility index (Phi) is 3.84. The van der Waals surface area contributed by atoms with Crippen LogP contribution in [0.15, 0.2) is 29.2 Å². The summed E-state index contributed by atoms with van der Waals surface area (Å²) in [6, 6.07) is 6.12. The van der Waals surface area contributed by atoms with Gasteiger partial charge in [0.15, 0.2) is 9.84 Å². The molecule has 4 nitrogen and oxygen atoms in total. The van der Waals surface area contributed by atoms with E-state index in [4.69, 9.17) is 4.74 Å². The van der Waals surface area contributed by atoms with Gasteiger partial charge in [-0.25, -0.2) is 8.42 Å². The van der Waals surface area contributed by atoms with E-state index in [1.54, 1.807) is 12.1 Å². The molecule has 1 aromatic rings. The maximum atomic E-state index is 11.2. The highest BCUT2D eigenvalue weighted by Crippen LogP contribution is 2.16. The number of benzene rings is 1. The van der Waals surface area contributed by atoms with Crippen molar-refractivity contribution in [2.75, 3.05) is 20.0 Å². The lowest BCUT2D eigenvalue weighted by Gasteiger charge is -2.09. The van der Waals surface area contributed by atoms with Gasteiger partial charge in [0.05, 0.1) is 11.5 Å². The third-order valence-electron chi connectivity index (χ3n) is 2.02. The minimum absolute atomic E-state index is 0.193. The zero-order valence-electron chi connectivity index (χ0n) is 8.67. The van der Waals surface area contributed by atoms with E-state index in [-0.39, 0.29) is 11.5 Å². The van der Waals surface area contributed by atoms with Crippen LogP contribution in [0.25, 0.3) is 0 Å². The second-order valence-corrected chi connectivity index (χ2v) is 5.33. The molecule has 0 spiro atoms. The molecule has 1 atom stereocenters. The number of ether oxygens (including phenoxy) is 1. The molecule has 0 saturated carbocycles. The van der Waals surface area contributed by atoms with Crippen LogP contribution in [-0.4, -0.2) is 33.5 Å². The van der Waals surface area contributed by atoms with E-state index in [2.05, 4.69) is 0 Å². The Morgan fingerprint density at radius 3 is 2.27 bits per heavy atom. The molecular weight excluding hydrogens is 216 g/mol. The Balaban J connectivity index is 2.90. The first-order valence-electron chi connectivity index (χ1n) is 4.42. The van der Waals surface area contributed by atoms with Crippen molar-refractivity contribution in [3.8, 4) is 0 Å². The van der Waals surface area contributed by atoms with Crippen LogP contribution in [0.5, 0.6) is 0 Å². The number of aliphatic hydroxyl groups excluding tert-OH is 1. The summed E-state index contributed by atoms with van der Waals surface area (Å²) < 4.78 is 27.1. The van der Waals surface area contributed by atoms with Crippen molar-refractivity contribution >= 4 is 9.84 Å². The van der Waals surface area contributed by atoms with Gasteiger partial charge in [-0.2, -0.15) is 0 Å². The van der Waals surface area contributed by atoms with Gasteiger partial charge in [-0.05, 0) is 17.7 Å². The van der Waals surface area contributed by atoms with Crippen LogP contribution in [0.1, 0.15) is 11.7 Å². The first-order chi connectivity index (χ1) is 6.95. The van der Waals surface area contributed by atoms with Gasteiger partial charge in [-0.3, -0.25) is 0 Å². The van der Waals surface area contributed by atoms with Crippen LogP contribution >= 0.6 is 0 Å². The van der Waals surface area contributed by atoms with Gasteiger partial charge in [-0.15, -0.1) is 0 Å². The van der Waals surface area contributed by atoms with Gasteiger partial charge in [-0.1, -0.05) is 12.1 Å². The first kappa shape index (κ1) is 12.2. The summed E-state index contributed by atoms with van der Waals surface area (Å²) in [4.78, 5) is 0.246. The summed E-state index contributed by atoms with van der Waals surface area (Å²) in [6.07, 6.45) is 0.428.